The molecule has 2 aromatic rings. The third-order valence-electron chi connectivity index (χ3n) is 3.44. The van der Waals surface area contributed by atoms with Crippen LogP contribution in [0.15, 0.2) is 53.6 Å². The first kappa shape index (κ1) is 16.5. The summed E-state index contributed by atoms with van der Waals surface area (Å²) in [5.41, 5.74) is 16.1. The number of nitrogens with one attached hydrogen (secondary N) is 3. The van der Waals surface area contributed by atoms with Gasteiger partial charge in [-0.3, -0.25) is 0 Å². The van der Waals surface area contributed by atoms with Crippen molar-refractivity contribution in [1.29, 1.82) is 5.53 Å². The maximum Gasteiger partial charge on any atom is 0.314 e. The van der Waals surface area contributed by atoms with E-state index in [4.69, 9.17) is 11.3 Å². The van der Waals surface area contributed by atoms with E-state index in [-0.39, 0.29) is 6.03 Å². The van der Waals surface area contributed by atoms with Gasteiger partial charge in [0.1, 0.15) is 0 Å². The number of amides is 2. The lowest BCUT2D eigenvalue weighted by molar-refractivity contribution is 0.241. The molecule has 0 aliphatic heterocycles. The SMILES string of the molecule is N=Nc1ccc(CCNC(=O)NCCc2ccc(N)cc2)cc1. The number of carbonyl (C=O) groups is 1. The van der Waals surface area contributed by atoms with Gasteiger partial charge in [0.25, 0.3) is 0 Å². The molecule has 5 N–H and O–H groups in total. The number of carbonyl (C=O) groups excluding carboxylic acids is 1. The second kappa shape index (κ2) is 8.53. The molecule has 0 saturated heterocycles. The maximum atomic E-state index is 11.7. The van der Waals surface area contributed by atoms with Crippen LogP contribution in [-0.2, 0) is 12.8 Å². The summed E-state index contributed by atoms with van der Waals surface area (Å²) < 4.78 is 0. The average Bonchev–Trinajstić information content (AvgIpc) is 2.57. The van der Waals surface area contributed by atoms with Crippen LogP contribution >= 0.6 is 0 Å². The van der Waals surface area contributed by atoms with Crippen LogP contribution in [0, 0.1) is 5.53 Å². The Bertz CT molecular complexity index is 637. The van der Waals surface area contributed by atoms with Crippen molar-refractivity contribution in [2.75, 3.05) is 18.8 Å². The van der Waals surface area contributed by atoms with E-state index in [1.165, 1.54) is 0 Å². The van der Waals surface area contributed by atoms with E-state index in [0.29, 0.717) is 18.8 Å². The quantitative estimate of drug-likeness (QED) is 0.466. The molecule has 0 aromatic heterocycles. The number of anilines is 1. The monoisotopic (exact) mass is 311 g/mol. The fourth-order valence-corrected chi connectivity index (χ4v) is 2.12. The molecule has 0 saturated carbocycles. The summed E-state index contributed by atoms with van der Waals surface area (Å²) in [7, 11) is 0. The summed E-state index contributed by atoms with van der Waals surface area (Å²) in [6.07, 6.45) is 1.51. The summed E-state index contributed by atoms with van der Waals surface area (Å²) in [4.78, 5) is 11.7. The fourth-order valence-electron chi connectivity index (χ4n) is 2.12. The number of benzene rings is 2. The maximum absolute atomic E-state index is 11.7. The molecule has 0 aliphatic carbocycles. The van der Waals surface area contributed by atoms with Gasteiger partial charge in [0.2, 0.25) is 0 Å². The highest BCUT2D eigenvalue weighted by molar-refractivity contribution is 5.73. The number of rotatable bonds is 7. The minimum absolute atomic E-state index is 0.168. The van der Waals surface area contributed by atoms with Crippen molar-refractivity contribution in [2.24, 2.45) is 5.11 Å². The first-order valence-electron chi connectivity index (χ1n) is 7.50. The molecule has 23 heavy (non-hydrogen) atoms. The lowest BCUT2D eigenvalue weighted by Crippen LogP contribution is -2.37. The predicted molar refractivity (Wildman–Crippen MR) is 90.9 cm³/mol. The Morgan fingerprint density at radius 1 is 0.913 bits per heavy atom. The van der Waals surface area contributed by atoms with Gasteiger partial charge in [-0.1, -0.05) is 24.3 Å². The minimum Gasteiger partial charge on any atom is -0.399 e. The van der Waals surface area contributed by atoms with Gasteiger partial charge < -0.3 is 16.4 Å². The van der Waals surface area contributed by atoms with E-state index >= 15 is 0 Å². The van der Waals surface area contributed by atoms with Crippen LogP contribution in [0.1, 0.15) is 11.1 Å². The molecule has 0 bridgehead atoms. The van der Waals surface area contributed by atoms with Crippen LogP contribution in [-0.4, -0.2) is 19.1 Å². The van der Waals surface area contributed by atoms with E-state index in [2.05, 4.69) is 15.7 Å². The summed E-state index contributed by atoms with van der Waals surface area (Å²) in [5, 5.41) is 9.00. The van der Waals surface area contributed by atoms with Crippen LogP contribution in [0.3, 0.4) is 0 Å². The molecule has 0 fully saturated rings. The number of hydrogen-bond acceptors (Lipinski definition) is 4. The van der Waals surface area contributed by atoms with Crippen LogP contribution < -0.4 is 16.4 Å². The van der Waals surface area contributed by atoms with Crippen LogP contribution in [0.25, 0.3) is 0 Å². The normalized spacial score (nSPS) is 10.1. The van der Waals surface area contributed by atoms with Gasteiger partial charge in [-0.05, 0) is 48.2 Å². The molecule has 0 aliphatic rings. The number of hydrogen-bond donors (Lipinski definition) is 4. The Balaban J connectivity index is 1.62. The Morgan fingerprint density at radius 3 is 1.87 bits per heavy atom. The summed E-state index contributed by atoms with van der Waals surface area (Å²) >= 11 is 0. The zero-order valence-electron chi connectivity index (χ0n) is 12.9. The lowest BCUT2D eigenvalue weighted by Gasteiger charge is -2.08. The molecule has 2 rings (SSSR count). The van der Waals surface area contributed by atoms with E-state index in [9.17, 15) is 4.79 Å². The van der Waals surface area contributed by atoms with Gasteiger partial charge in [-0.15, -0.1) is 0 Å². The zero-order chi connectivity index (χ0) is 16.5. The Hall–Kier alpha value is -2.89. The summed E-state index contributed by atoms with van der Waals surface area (Å²) in [5.74, 6) is 0. The zero-order valence-corrected chi connectivity index (χ0v) is 12.9. The third-order valence-corrected chi connectivity index (χ3v) is 3.44. The van der Waals surface area contributed by atoms with Crippen molar-refractivity contribution in [1.82, 2.24) is 10.6 Å². The Labute approximate surface area is 135 Å². The molecule has 6 heteroatoms. The van der Waals surface area contributed by atoms with Crippen molar-refractivity contribution in [3.63, 3.8) is 0 Å². The van der Waals surface area contributed by atoms with Crippen molar-refractivity contribution < 1.29 is 4.79 Å². The van der Waals surface area contributed by atoms with E-state index in [1.807, 2.05) is 36.4 Å². The number of nitrogens with zero attached hydrogens (tertiary/aromatic N) is 1. The second-order valence-electron chi connectivity index (χ2n) is 5.20. The minimum atomic E-state index is -0.168. The van der Waals surface area contributed by atoms with Crippen molar-refractivity contribution >= 4 is 17.4 Å². The summed E-state index contributed by atoms with van der Waals surface area (Å²) in [6, 6.07) is 14.9. The topological polar surface area (TPSA) is 103 Å². The molecular formula is C17H21N5O. The first-order chi connectivity index (χ1) is 11.2. The lowest BCUT2D eigenvalue weighted by atomic mass is 10.1. The number of urea groups is 1. The van der Waals surface area contributed by atoms with Gasteiger partial charge in [0.15, 0.2) is 0 Å². The molecule has 2 amide bonds. The van der Waals surface area contributed by atoms with Crippen molar-refractivity contribution in [3.8, 4) is 0 Å². The highest BCUT2D eigenvalue weighted by Gasteiger charge is 2.00. The van der Waals surface area contributed by atoms with Gasteiger partial charge >= 0.3 is 6.03 Å². The van der Waals surface area contributed by atoms with Gasteiger partial charge in [0.05, 0.1) is 5.69 Å². The standard InChI is InChI=1S/C17H21N5O/c18-15-5-1-13(2-6-15)9-11-20-17(23)21-12-10-14-3-7-16(22-19)8-4-14/h1-8,19H,9-12,18H2,(H2,20,21,23). The second-order valence-corrected chi connectivity index (χ2v) is 5.20. The van der Waals surface area contributed by atoms with Crippen molar-refractivity contribution in [3.05, 3.63) is 59.7 Å². The van der Waals surface area contributed by atoms with E-state index < -0.39 is 0 Å². The molecule has 0 radical (unpaired) electrons. The average molecular weight is 311 g/mol. The van der Waals surface area contributed by atoms with Gasteiger partial charge in [-0.2, -0.15) is 5.11 Å². The van der Waals surface area contributed by atoms with Crippen molar-refractivity contribution in [2.45, 2.75) is 12.8 Å². The third kappa shape index (κ3) is 5.78. The fraction of sp³-hybridized carbons (Fsp3) is 0.235. The summed E-state index contributed by atoms with van der Waals surface area (Å²) in [6.45, 7) is 1.14. The molecule has 6 nitrogen and oxygen atoms in total. The molecule has 0 unspecified atom stereocenters. The Kier molecular flexibility index (Phi) is 6.11. The Morgan fingerprint density at radius 2 is 1.39 bits per heavy atom. The smallest absolute Gasteiger partial charge is 0.314 e. The highest BCUT2D eigenvalue weighted by atomic mass is 16.2. The molecule has 0 heterocycles. The van der Waals surface area contributed by atoms with E-state index in [0.717, 1.165) is 29.7 Å². The molecule has 0 atom stereocenters. The molecule has 0 spiro atoms. The van der Waals surface area contributed by atoms with Crippen LogP contribution in [0.4, 0.5) is 16.2 Å². The van der Waals surface area contributed by atoms with Gasteiger partial charge in [0, 0.05) is 18.8 Å². The van der Waals surface area contributed by atoms with Gasteiger partial charge in [-0.25, -0.2) is 10.3 Å². The van der Waals surface area contributed by atoms with Crippen LogP contribution in [0.5, 0.6) is 0 Å². The molecular weight excluding hydrogens is 290 g/mol. The van der Waals surface area contributed by atoms with Crippen LogP contribution in [0.2, 0.25) is 0 Å². The largest absolute Gasteiger partial charge is 0.399 e. The number of nitrogen functional groups attached to an aromatic ring is 1. The predicted octanol–water partition coefficient (Wildman–Crippen LogP) is 3.02. The first-order valence-corrected chi connectivity index (χ1v) is 7.50. The molecule has 120 valence electrons. The van der Waals surface area contributed by atoms with E-state index in [1.54, 1.807) is 12.1 Å². The highest BCUT2D eigenvalue weighted by Crippen LogP contribution is 2.12. The molecule has 2 aromatic carbocycles. The number of nitrogens with two attached hydrogens (primary N) is 1.